The van der Waals surface area contributed by atoms with Crippen molar-refractivity contribution in [3.8, 4) is 0 Å². The topological polar surface area (TPSA) is 33.1 Å². The second-order valence-corrected chi connectivity index (χ2v) is 5.97. The van der Waals surface area contributed by atoms with Crippen molar-refractivity contribution >= 4 is 11.3 Å². The highest BCUT2D eigenvalue weighted by Crippen LogP contribution is 2.27. The van der Waals surface area contributed by atoms with E-state index in [9.17, 15) is 5.11 Å². The summed E-state index contributed by atoms with van der Waals surface area (Å²) in [6, 6.07) is 0. The predicted molar refractivity (Wildman–Crippen MR) is 60.5 cm³/mol. The van der Waals surface area contributed by atoms with Crippen LogP contribution >= 0.6 is 11.3 Å². The first-order valence-corrected chi connectivity index (χ1v) is 5.86. The molecule has 1 N–H and O–H groups in total. The molecule has 1 aromatic rings. The molecule has 0 aromatic carbocycles. The number of nitrogens with zero attached hydrogens (tertiary/aromatic N) is 1. The van der Waals surface area contributed by atoms with Crippen molar-refractivity contribution in [1.29, 1.82) is 0 Å². The van der Waals surface area contributed by atoms with E-state index in [2.05, 4.69) is 25.8 Å². The molecule has 1 unspecified atom stereocenters. The van der Waals surface area contributed by atoms with Gasteiger partial charge in [-0.1, -0.05) is 20.8 Å². The van der Waals surface area contributed by atoms with Gasteiger partial charge in [-0.25, -0.2) is 4.98 Å². The molecule has 0 saturated heterocycles. The Kier molecular flexibility index (Phi) is 3.67. The van der Waals surface area contributed by atoms with Gasteiger partial charge >= 0.3 is 0 Å². The first kappa shape index (κ1) is 11.7. The van der Waals surface area contributed by atoms with Gasteiger partial charge in [0.25, 0.3) is 0 Å². The van der Waals surface area contributed by atoms with Crippen LogP contribution in [0.5, 0.6) is 0 Å². The van der Waals surface area contributed by atoms with Crippen molar-refractivity contribution < 1.29 is 5.11 Å². The van der Waals surface area contributed by atoms with Gasteiger partial charge in [0, 0.05) is 5.38 Å². The average Bonchev–Trinajstić information content (AvgIpc) is 2.46. The normalized spacial score (nSPS) is 14.4. The fourth-order valence-electron chi connectivity index (χ4n) is 1.25. The summed E-state index contributed by atoms with van der Waals surface area (Å²) in [4.78, 5) is 4.28. The lowest BCUT2D eigenvalue weighted by Crippen LogP contribution is -2.08. The van der Waals surface area contributed by atoms with E-state index in [-0.39, 0.29) is 11.5 Å². The van der Waals surface area contributed by atoms with E-state index in [0.29, 0.717) is 0 Å². The van der Waals surface area contributed by atoms with Crippen molar-refractivity contribution in [2.45, 2.75) is 46.6 Å². The van der Waals surface area contributed by atoms with Crippen molar-refractivity contribution in [1.82, 2.24) is 4.98 Å². The Bertz CT molecular complexity index is 288. The number of aliphatic hydroxyl groups excluding tert-OH is 1. The number of aromatic nitrogens is 1. The molecule has 0 aliphatic rings. The number of aliphatic hydroxyl groups is 1. The second kappa shape index (κ2) is 4.41. The maximum atomic E-state index is 9.84. The third-order valence-corrected chi connectivity index (χ3v) is 2.94. The number of rotatable bonds is 3. The Hall–Kier alpha value is -0.410. The zero-order valence-corrected chi connectivity index (χ0v) is 10.2. The van der Waals surface area contributed by atoms with Crippen molar-refractivity contribution in [2.24, 2.45) is 5.41 Å². The maximum Gasteiger partial charge on any atom is 0.0968 e. The van der Waals surface area contributed by atoms with Crippen LogP contribution < -0.4 is 0 Å². The SMILES string of the molecule is Cc1nc(C(O)CCC(C)(C)C)cs1. The third-order valence-electron chi connectivity index (χ3n) is 2.15. The standard InChI is InChI=1S/C11H19NOS/c1-8-12-9(7-14-8)10(13)5-6-11(2,3)4/h7,10,13H,5-6H2,1-4H3. The molecule has 1 aromatic heterocycles. The summed E-state index contributed by atoms with van der Waals surface area (Å²) in [6.45, 7) is 8.52. The number of thiazole rings is 1. The minimum Gasteiger partial charge on any atom is -0.387 e. The first-order chi connectivity index (χ1) is 6.38. The molecular weight excluding hydrogens is 194 g/mol. The molecule has 14 heavy (non-hydrogen) atoms. The maximum absolute atomic E-state index is 9.84. The van der Waals surface area contributed by atoms with Gasteiger partial charge in [-0.05, 0) is 25.2 Å². The van der Waals surface area contributed by atoms with E-state index in [0.717, 1.165) is 23.5 Å². The molecule has 1 rings (SSSR count). The van der Waals surface area contributed by atoms with Gasteiger partial charge in [-0.2, -0.15) is 0 Å². The smallest absolute Gasteiger partial charge is 0.0968 e. The van der Waals surface area contributed by atoms with Crippen LogP contribution in [0.15, 0.2) is 5.38 Å². The van der Waals surface area contributed by atoms with E-state index in [1.54, 1.807) is 11.3 Å². The van der Waals surface area contributed by atoms with Crippen LogP contribution in [-0.2, 0) is 0 Å². The molecule has 0 aliphatic carbocycles. The molecule has 0 aliphatic heterocycles. The van der Waals surface area contributed by atoms with E-state index in [1.807, 2.05) is 12.3 Å². The van der Waals surface area contributed by atoms with E-state index in [4.69, 9.17) is 0 Å². The number of hydrogen-bond donors (Lipinski definition) is 1. The molecular formula is C11H19NOS. The minimum atomic E-state index is -0.390. The van der Waals surface area contributed by atoms with Crippen LogP contribution in [-0.4, -0.2) is 10.1 Å². The summed E-state index contributed by atoms with van der Waals surface area (Å²) >= 11 is 1.59. The number of hydrogen-bond acceptors (Lipinski definition) is 3. The summed E-state index contributed by atoms with van der Waals surface area (Å²) in [5.74, 6) is 0. The van der Waals surface area contributed by atoms with Gasteiger partial charge in [-0.15, -0.1) is 11.3 Å². The Morgan fingerprint density at radius 3 is 2.57 bits per heavy atom. The molecule has 0 amide bonds. The van der Waals surface area contributed by atoms with E-state index in [1.165, 1.54) is 0 Å². The largest absolute Gasteiger partial charge is 0.387 e. The molecule has 80 valence electrons. The summed E-state index contributed by atoms with van der Waals surface area (Å²) in [5, 5.41) is 12.8. The summed E-state index contributed by atoms with van der Waals surface area (Å²) in [6.07, 6.45) is 1.43. The lowest BCUT2D eigenvalue weighted by molar-refractivity contribution is 0.144. The van der Waals surface area contributed by atoms with Crippen LogP contribution in [0.3, 0.4) is 0 Å². The Morgan fingerprint density at radius 1 is 1.50 bits per heavy atom. The molecule has 0 saturated carbocycles. The molecule has 3 heteroatoms. The van der Waals surface area contributed by atoms with Crippen molar-refractivity contribution in [3.63, 3.8) is 0 Å². The Balaban J connectivity index is 2.47. The Labute approximate surface area is 90.0 Å². The fourth-order valence-corrected chi connectivity index (χ4v) is 1.91. The molecule has 0 bridgehead atoms. The van der Waals surface area contributed by atoms with Crippen LogP contribution in [0, 0.1) is 12.3 Å². The lowest BCUT2D eigenvalue weighted by Gasteiger charge is -2.19. The molecule has 0 spiro atoms. The number of aryl methyl sites for hydroxylation is 1. The molecule has 0 fully saturated rings. The van der Waals surface area contributed by atoms with Gasteiger partial charge in [0.05, 0.1) is 16.8 Å². The van der Waals surface area contributed by atoms with Crippen LogP contribution in [0.4, 0.5) is 0 Å². The van der Waals surface area contributed by atoms with E-state index >= 15 is 0 Å². The van der Waals surface area contributed by atoms with Gasteiger partial charge in [-0.3, -0.25) is 0 Å². The van der Waals surface area contributed by atoms with Gasteiger partial charge < -0.3 is 5.11 Å². The predicted octanol–water partition coefficient (Wildman–Crippen LogP) is 3.31. The second-order valence-electron chi connectivity index (χ2n) is 4.91. The highest BCUT2D eigenvalue weighted by atomic mass is 32.1. The lowest BCUT2D eigenvalue weighted by atomic mass is 9.89. The summed E-state index contributed by atoms with van der Waals surface area (Å²) < 4.78 is 0. The molecule has 1 heterocycles. The first-order valence-electron chi connectivity index (χ1n) is 4.98. The highest BCUT2D eigenvalue weighted by molar-refractivity contribution is 7.09. The monoisotopic (exact) mass is 213 g/mol. The zero-order valence-electron chi connectivity index (χ0n) is 9.37. The van der Waals surface area contributed by atoms with Crippen LogP contribution in [0.25, 0.3) is 0 Å². The summed E-state index contributed by atoms with van der Waals surface area (Å²) in [7, 11) is 0. The third kappa shape index (κ3) is 3.76. The molecule has 2 nitrogen and oxygen atoms in total. The van der Waals surface area contributed by atoms with E-state index < -0.39 is 0 Å². The van der Waals surface area contributed by atoms with Gasteiger partial charge in [0.2, 0.25) is 0 Å². The zero-order chi connectivity index (χ0) is 10.8. The highest BCUT2D eigenvalue weighted by Gasteiger charge is 2.16. The Morgan fingerprint density at radius 2 is 2.14 bits per heavy atom. The fraction of sp³-hybridized carbons (Fsp3) is 0.727. The summed E-state index contributed by atoms with van der Waals surface area (Å²) in [5.41, 5.74) is 1.11. The van der Waals surface area contributed by atoms with Gasteiger partial charge in [0.1, 0.15) is 0 Å². The van der Waals surface area contributed by atoms with Gasteiger partial charge in [0.15, 0.2) is 0 Å². The molecule has 1 atom stereocenters. The van der Waals surface area contributed by atoms with Crippen LogP contribution in [0.1, 0.15) is 50.4 Å². The average molecular weight is 213 g/mol. The van der Waals surface area contributed by atoms with Crippen molar-refractivity contribution in [3.05, 3.63) is 16.1 Å². The minimum absolute atomic E-state index is 0.284. The van der Waals surface area contributed by atoms with Crippen molar-refractivity contribution in [2.75, 3.05) is 0 Å². The van der Waals surface area contributed by atoms with Crippen LogP contribution in [0.2, 0.25) is 0 Å². The molecule has 0 radical (unpaired) electrons. The quantitative estimate of drug-likeness (QED) is 0.835.